The highest BCUT2D eigenvalue weighted by molar-refractivity contribution is 7.09. The van der Waals surface area contributed by atoms with Gasteiger partial charge in [-0.25, -0.2) is 4.98 Å². The van der Waals surface area contributed by atoms with Crippen LogP contribution in [0.4, 0.5) is 0 Å². The normalized spacial score (nSPS) is 13.2. The molecule has 0 unspecified atom stereocenters. The number of nitro groups is 1. The van der Waals surface area contributed by atoms with Crippen LogP contribution in [-0.2, 0) is 5.41 Å². The van der Waals surface area contributed by atoms with Gasteiger partial charge in [-0.15, -0.1) is 11.3 Å². The molecule has 0 saturated carbocycles. The first-order valence-corrected chi connectivity index (χ1v) is 6.41. The van der Waals surface area contributed by atoms with Crippen LogP contribution in [0.25, 0.3) is 6.08 Å². The maximum absolute atomic E-state index is 10.9. The van der Waals surface area contributed by atoms with Crippen LogP contribution >= 0.6 is 11.3 Å². The Labute approximate surface area is 106 Å². The lowest BCUT2D eigenvalue weighted by molar-refractivity contribution is -0.431. The predicted octanol–water partition coefficient (Wildman–Crippen LogP) is 3.71. The van der Waals surface area contributed by atoms with Crippen molar-refractivity contribution in [2.24, 2.45) is 5.92 Å². The van der Waals surface area contributed by atoms with Gasteiger partial charge in [-0.1, -0.05) is 34.6 Å². The summed E-state index contributed by atoms with van der Waals surface area (Å²) in [5.41, 5.74) is 0.875. The highest BCUT2D eigenvalue weighted by Crippen LogP contribution is 2.26. The largest absolute Gasteiger partial charge is 0.259 e. The van der Waals surface area contributed by atoms with E-state index in [9.17, 15) is 10.1 Å². The number of hydrogen-bond donors (Lipinski definition) is 0. The van der Waals surface area contributed by atoms with Crippen molar-refractivity contribution in [1.29, 1.82) is 0 Å². The summed E-state index contributed by atoms with van der Waals surface area (Å²) in [5.74, 6) is -0.107. The molecular weight excluding hydrogens is 236 g/mol. The van der Waals surface area contributed by atoms with E-state index in [2.05, 4.69) is 25.8 Å². The standard InChI is InChI=1S/C12H18N2O2S/c1-8(2)10(14(15)16)6-9-7-17-11(13-9)12(3,4)5/h6-8H,1-5H3. The molecule has 1 rings (SSSR count). The van der Waals surface area contributed by atoms with E-state index in [1.54, 1.807) is 17.4 Å². The van der Waals surface area contributed by atoms with Crippen molar-refractivity contribution in [3.05, 3.63) is 31.9 Å². The lowest BCUT2D eigenvalue weighted by atomic mass is 9.98. The zero-order valence-corrected chi connectivity index (χ0v) is 11.7. The molecule has 0 aliphatic heterocycles. The summed E-state index contributed by atoms with van der Waals surface area (Å²) in [6.07, 6.45) is 1.57. The van der Waals surface area contributed by atoms with Gasteiger partial charge in [-0.3, -0.25) is 10.1 Å². The molecule has 0 bridgehead atoms. The third-order valence-electron chi connectivity index (χ3n) is 2.26. The Morgan fingerprint density at radius 1 is 1.53 bits per heavy atom. The van der Waals surface area contributed by atoms with Gasteiger partial charge in [0.15, 0.2) is 0 Å². The molecule has 0 spiro atoms. The summed E-state index contributed by atoms with van der Waals surface area (Å²) >= 11 is 1.54. The lowest BCUT2D eigenvalue weighted by Crippen LogP contribution is -2.10. The minimum Gasteiger partial charge on any atom is -0.259 e. The first-order chi connectivity index (χ1) is 7.71. The van der Waals surface area contributed by atoms with Crippen LogP contribution in [0.1, 0.15) is 45.3 Å². The van der Waals surface area contributed by atoms with Gasteiger partial charge < -0.3 is 0 Å². The van der Waals surface area contributed by atoms with Crippen LogP contribution in [-0.4, -0.2) is 9.91 Å². The van der Waals surface area contributed by atoms with Crippen LogP contribution in [0.15, 0.2) is 11.1 Å². The van der Waals surface area contributed by atoms with Gasteiger partial charge in [-0.05, 0) is 0 Å². The molecule has 0 aromatic carbocycles. The van der Waals surface area contributed by atoms with Gasteiger partial charge in [0.1, 0.15) is 0 Å². The summed E-state index contributed by atoms with van der Waals surface area (Å²) < 4.78 is 0. The van der Waals surface area contributed by atoms with E-state index in [4.69, 9.17) is 0 Å². The van der Waals surface area contributed by atoms with Crippen molar-refractivity contribution in [3.63, 3.8) is 0 Å². The van der Waals surface area contributed by atoms with Gasteiger partial charge >= 0.3 is 0 Å². The second kappa shape index (κ2) is 4.96. The van der Waals surface area contributed by atoms with Gasteiger partial charge in [0.05, 0.1) is 15.6 Å². The molecule has 5 heteroatoms. The van der Waals surface area contributed by atoms with Gasteiger partial charge in [0, 0.05) is 22.8 Å². The molecule has 1 heterocycles. The fourth-order valence-corrected chi connectivity index (χ4v) is 2.14. The van der Waals surface area contributed by atoms with Crippen LogP contribution in [0.2, 0.25) is 0 Å². The maximum atomic E-state index is 10.9. The molecule has 1 aromatic heterocycles. The van der Waals surface area contributed by atoms with Gasteiger partial charge in [0.25, 0.3) is 5.70 Å². The Morgan fingerprint density at radius 3 is 2.47 bits per heavy atom. The summed E-state index contributed by atoms with van der Waals surface area (Å²) in [4.78, 5) is 15.0. The zero-order chi connectivity index (χ0) is 13.2. The molecule has 0 saturated heterocycles. The number of nitrogens with zero attached hydrogens (tertiary/aromatic N) is 2. The average molecular weight is 254 g/mol. The summed E-state index contributed by atoms with van der Waals surface area (Å²) in [5, 5.41) is 13.7. The molecule has 0 fully saturated rings. The number of allylic oxidation sites excluding steroid dienone is 1. The summed E-state index contributed by atoms with van der Waals surface area (Å²) in [7, 11) is 0. The molecule has 4 nitrogen and oxygen atoms in total. The van der Waals surface area contributed by atoms with Gasteiger partial charge in [0.2, 0.25) is 0 Å². The van der Waals surface area contributed by atoms with Crippen molar-refractivity contribution in [2.45, 2.75) is 40.0 Å². The fourth-order valence-electron chi connectivity index (χ4n) is 1.28. The highest BCUT2D eigenvalue weighted by atomic mass is 32.1. The first kappa shape index (κ1) is 13.8. The number of aromatic nitrogens is 1. The Hall–Kier alpha value is -1.23. The van der Waals surface area contributed by atoms with Crippen molar-refractivity contribution in [3.8, 4) is 0 Å². The molecule has 1 aromatic rings. The SMILES string of the molecule is CC(C)C(=Cc1csc(C(C)(C)C)n1)[N+](=O)[O-]. The molecular formula is C12H18N2O2S. The molecule has 0 N–H and O–H groups in total. The third kappa shape index (κ3) is 3.63. The number of hydrogen-bond acceptors (Lipinski definition) is 4. The number of rotatable bonds is 3. The Bertz CT molecular complexity index is 442. The highest BCUT2D eigenvalue weighted by Gasteiger charge is 2.20. The van der Waals surface area contributed by atoms with E-state index in [0.29, 0.717) is 5.69 Å². The fraction of sp³-hybridized carbons (Fsp3) is 0.583. The van der Waals surface area contributed by atoms with Crippen molar-refractivity contribution in [2.75, 3.05) is 0 Å². The number of thiazole rings is 1. The van der Waals surface area contributed by atoms with Crippen LogP contribution in [0, 0.1) is 16.0 Å². The van der Waals surface area contributed by atoms with Crippen molar-refractivity contribution in [1.82, 2.24) is 4.98 Å². The molecule has 0 aliphatic rings. The van der Waals surface area contributed by atoms with E-state index in [1.807, 2.05) is 19.2 Å². The maximum Gasteiger partial charge on any atom is 0.250 e. The third-order valence-corrected chi connectivity index (χ3v) is 3.55. The van der Waals surface area contributed by atoms with E-state index in [0.717, 1.165) is 5.01 Å². The minimum atomic E-state index is -0.333. The zero-order valence-electron chi connectivity index (χ0n) is 10.9. The Morgan fingerprint density at radius 2 is 2.12 bits per heavy atom. The lowest BCUT2D eigenvalue weighted by Gasteiger charge is -2.13. The second-order valence-electron chi connectivity index (χ2n) is 5.31. The van der Waals surface area contributed by atoms with E-state index in [-0.39, 0.29) is 22.0 Å². The second-order valence-corrected chi connectivity index (χ2v) is 6.17. The monoisotopic (exact) mass is 254 g/mol. The topological polar surface area (TPSA) is 56.0 Å². The molecule has 17 heavy (non-hydrogen) atoms. The molecule has 0 atom stereocenters. The molecule has 0 amide bonds. The van der Waals surface area contributed by atoms with Crippen LogP contribution < -0.4 is 0 Å². The summed E-state index contributed by atoms with van der Waals surface area (Å²) in [6, 6.07) is 0. The quantitative estimate of drug-likeness (QED) is 0.610. The summed E-state index contributed by atoms with van der Waals surface area (Å²) in [6.45, 7) is 9.86. The van der Waals surface area contributed by atoms with E-state index < -0.39 is 0 Å². The van der Waals surface area contributed by atoms with Crippen molar-refractivity contribution < 1.29 is 4.92 Å². The molecule has 0 aliphatic carbocycles. The van der Waals surface area contributed by atoms with Crippen molar-refractivity contribution >= 4 is 17.4 Å². The Kier molecular flexibility index (Phi) is 4.03. The smallest absolute Gasteiger partial charge is 0.250 e. The Balaban J connectivity index is 3.06. The molecule has 0 radical (unpaired) electrons. The van der Waals surface area contributed by atoms with Gasteiger partial charge in [-0.2, -0.15) is 0 Å². The van der Waals surface area contributed by atoms with Crippen LogP contribution in [0.3, 0.4) is 0 Å². The van der Waals surface area contributed by atoms with Crippen LogP contribution in [0.5, 0.6) is 0 Å². The molecule has 94 valence electrons. The first-order valence-electron chi connectivity index (χ1n) is 5.54. The van der Waals surface area contributed by atoms with E-state index >= 15 is 0 Å². The average Bonchev–Trinajstić information content (AvgIpc) is 2.60. The predicted molar refractivity (Wildman–Crippen MR) is 70.6 cm³/mol. The van der Waals surface area contributed by atoms with E-state index in [1.165, 1.54) is 0 Å². The minimum absolute atomic E-state index is 0.0105.